The van der Waals surface area contributed by atoms with Crippen molar-refractivity contribution in [3.8, 4) is 22.6 Å². The van der Waals surface area contributed by atoms with Gasteiger partial charge in [0, 0.05) is 0 Å². The topological polar surface area (TPSA) is 35.5 Å². The van der Waals surface area contributed by atoms with Gasteiger partial charge in [0.2, 0.25) is 29.0 Å². The second kappa shape index (κ2) is 11.5. The van der Waals surface area contributed by atoms with Crippen LogP contribution < -0.4 is 9.47 Å². The van der Waals surface area contributed by atoms with Crippen LogP contribution in [0.4, 0.5) is 35.1 Å². The van der Waals surface area contributed by atoms with Gasteiger partial charge in [0.15, 0.2) is 29.0 Å². The molecule has 0 N–H and O–H groups in total. The largest absolute Gasteiger partial charge is 0.488 e. The van der Waals surface area contributed by atoms with Crippen molar-refractivity contribution >= 4 is 5.97 Å². The van der Waals surface area contributed by atoms with Gasteiger partial charge in [-0.1, -0.05) is 26.2 Å². The zero-order valence-corrected chi connectivity index (χ0v) is 19.6. The summed E-state index contributed by atoms with van der Waals surface area (Å²) in [7, 11) is 0. The van der Waals surface area contributed by atoms with Crippen LogP contribution in [0, 0.1) is 58.4 Å². The van der Waals surface area contributed by atoms with E-state index in [-0.39, 0.29) is 0 Å². The molecule has 3 rings (SSSR count). The van der Waals surface area contributed by atoms with E-state index in [4.69, 9.17) is 0 Å². The van der Waals surface area contributed by atoms with Crippen LogP contribution in [0.3, 0.4) is 0 Å². The Morgan fingerprint density at radius 3 is 1.56 bits per heavy atom. The van der Waals surface area contributed by atoms with Crippen LogP contribution >= 0.6 is 0 Å². The van der Waals surface area contributed by atoms with Gasteiger partial charge in [0.1, 0.15) is 0 Å². The first-order chi connectivity index (χ1) is 17.0. The summed E-state index contributed by atoms with van der Waals surface area (Å²) >= 11 is 0. The molecule has 1 aliphatic rings. The average Bonchev–Trinajstić information content (AvgIpc) is 2.87. The van der Waals surface area contributed by atoms with Gasteiger partial charge in [-0.2, -0.15) is 17.6 Å². The summed E-state index contributed by atoms with van der Waals surface area (Å²) in [6, 6.07) is 0. The van der Waals surface area contributed by atoms with E-state index >= 15 is 0 Å². The van der Waals surface area contributed by atoms with Crippen LogP contribution in [-0.2, 0) is 4.79 Å². The van der Waals surface area contributed by atoms with Crippen molar-refractivity contribution in [1.82, 2.24) is 0 Å². The highest BCUT2D eigenvalue weighted by Crippen LogP contribution is 2.42. The molecule has 1 aliphatic carbocycles. The fourth-order valence-electron chi connectivity index (χ4n) is 4.39. The Bertz CT molecular complexity index is 1090. The molecule has 0 radical (unpaired) electrons. The summed E-state index contributed by atoms with van der Waals surface area (Å²) in [5.41, 5.74) is -4.07. The van der Waals surface area contributed by atoms with Crippen molar-refractivity contribution in [3.63, 3.8) is 0 Å². The van der Waals surface area contributed by atoms with Crippen molar-refractivity contribution in [2.24, 2.45) is 11.8 Å². The van der Waals surface area contributed by atoms with Crippen LogP contribution in [0.25, 0.3) is 11.1 Å². The smallest absolute Gasteiger partial charge is 0.314 e. The van der Waals surface area contributed by atoms with Gasteiger partial charge in [0.05, 0.1) is 23.7 Å². The molecule has 198 valence electrons. The van der Waals surface area contributed by atoms with Crippen molar-refractivity contribution in [1.29, 1.82) is 0 Å². The molecule has 0 saturated heterocycles. The lowest BCUT2D eigenvalue weighted by Crippen LogP contribution is -2.26. The van der Waals surface area contributed by atoms with E-state index < -0.39 is 87.7 Å². The SMILES string of the molecule is CCCCC1CCC(C(=O)Oc2c(F)c(F)c(-c3c(F)c(F)c(OCC)c(F)c3F)c(F)c2F)CC1. The highest BCUT2D eigenvalue weighted by molar-refractivity contribution is 5.76. The third kappa shape index (κ3) is 5.15. The van der Waals surface area contributed by atoms with E-state index in [1.165, 1.54) is 6.92 Å². The minimum atomic E-state index is -2.40. The quantitative estimate of drug-likeness (QED) is 0.153. The monoisotopic (exact) mass is 524 g/mol. The van der Waals surface area contributed by atoms with Gasteiger partial charge in [-0.05, 0) is 38.5 Å². The first-order valence-electron chi connectivity index (χ1n) is 11.6. The predicted molar refractivity (Wildman–Crippen MR) is 113 cm³/mol. The molecule has 1 fully saturated rings. The number of benzene rings is 2. The molecule has 0 unspecified atom stereocenters. The molecule has 0 spiro atoms. The van der Waals surface area contributed by atoms with E-state index in [9.17, 15) is 39.9 Å². The number of carbonyl (C=O) groups excluding carboxylic acids is 1. The van der Waals surface area contributed by atoms with Crippen molar-refractivity contribution in [2.45, 2.75) is 58.8 Å². The van der Waals surface area contributed by atoms with Crippen LogP contribution in [-0.4, -0.2) is 12.6 Å². The average molecular weight is 524 g/mol. The maximum absolute atomic E-state index is 14.7. The summed E-state index contributed by atoms with van der Waals surface area (Å²) < 4.78 is 125. The standard InChI is InChI=1S/C25H24F8O3/c1-3-5-6-11-7-9-12(10-8-11)25(34)36-24-21(32)17(28)14(18(29)22(24)33)13-15(26)19(30)23(35-4-2)20(31)16(13)27/h11-12H,3-10H2,1-2H3. The van der Waals surface area contributed by atoms with E-state index in [1.807, 2.05) is 6.92 Å². The molecular formula is C25H24F8O3. The number of rotatable bonds is 8. The molecule has 2 aromatic carbocycles. The van der Waals surface area contributed by atoms with Gasteiger partial charge in [-0.15, -0.1) is 0 Å². The molecule has 36 heavy (non-hydrogen) atoms. The van der Waals surface area contributed by atoms with Crippen molar-refractivity contribution in [2.75, 3.05) is 6.61 Å². The molecule has 1 saturated carbocycles. The zero-order chi connectivity index (χ0) is 26.7. The number of ether oxygens (including phenoxy) is 2. The molecule has 0 atom stereocenters. The van der Waals surface area contributed by atoms with E-state index in [0.29, 0.717) is 31.6 Å². The number of hydrogen-bond donors (Lipinski definition) is 0. The number of unbranched alkanes of at least 4 members (excludes halogenated alkanes) is 1. The lowest BCUT2D eigenvalue weighted by Gasteiger charge is -2.27. The van der Waals surface area contributed by atoms with Crippen LogP contribution in [0.1, 0.15) is 58.8 Å². The lowest BCUT2D eigenvalue weighted by atomic mass is 9.80. The Labute approximate surface area is 202 Å². The van der Waals surface area contributed by atoms with Crippen molar-refractivity contribution in [3.05, 3.63) is 46.5 Å². The molecule has 0 heterocycles. The highest BCUT2D eigenvalue weighted by Gasteiger charge is 2.37. The van der Waals surface area contributed by atoms with E-state index in [0.717, 1.165) is 19.3 Å². The fraction of sp³-hybridized carbons (Fsp3) is 0.480. The normalized spacial score (nSPS) is 17.8. The summed E-state index contributed by atoms with van der Waals surface area (Å²) in [6.45, 7) is 2.87. The number of halogens is 8. The van der Waals surface area contributed by atoms with Crippen LogP contribution in [0.2, 0.25) is 0 Å². The highest BCUT2D eigenvalue weighted by atomic mass is 19.2. The van der Waals surface area contributed by atoms with Crippen LogP contribution in [0.5, 0.6) is 11.5 Å². The first-order valence-corrected chi connectivity index (χ1v) is 11.6. The van der Waals surface area contributed by atoms with Gasteiger partial charge in [-0.25, -0.2) is 17.6 Å². The van der Waals surface area contributed by atoms with Gasteiger partial charge in [-0.3, -0.25) is 4.79 Å². The number of carbonyl (C=O) groups is 1. The molecule has 0 aliphatic heterocycles. The Hall–Kier alpha value is -2.85. The summed E-state index contributed by atoms with van der Waals surface area (Å²) in [6.07, 6.45) is 5.03. The Morgan fingerprint density at radius 2 is 1.14 bits per heavy atom. The van der Waals surface area contributed by atoms with Gasteiger partial charge in [0.25, 0.3) is 0 Å². The van der Waals surface area contributed by atoms with Gasteiger partial charge < -0.3 is 9.47 Å². The molecule has 0 amide bonds. The Morgan fingerprint density at radius 1 is 0.694 bits per heavy atom. The maximum Gasteiger partial charge on any atom is 0.314 e. The molecule has 0 bridgehead atoms. The summed E-state index contributed by atoms with van der Waals surface area (Å²) in [4.78, 5) is 12.4. The summed E-state index contributed by atoms with van der Waals surface area (Å²) in [5.74, 6) is -23.1. The molecule has 11 heteroatoms. The number of hydrogen-bond acceptors (Lipinski definition) is 3. The first kappa shape index (κ1) is 27.7. The molecule has 3 nitrogen and oxygen atoms in total. The summed E-state index contributed by atoms with van der Waals surface area (Å²) in [5, 5.41) is 0. The van der Waals surface area contributed by atoms with Gasteiger partial charge >= 0.3 is 5.97 Å². The number of esters is 1. The Balaban J connectivity index is 1.95. The van der Waals surface area contributed by atoms with E-state index in [1.54, 1.807) is 0 Å². The van der Waals surface area contributed by atoms with E-state index in [2.05, 4.69) is 9.47 Å². The third-order valence-corrected chi connectivity index (χ3v) is 6.33. The zero-order valence-electron chi connectivity index (χ0n) is 19.6. The lowest BCUT2D eigenvalue weighted by molar-refractivity contribution is -0.140. The third-order valence-electron chi connectivity index (χ3n) is 6.33. The second-order valence-electron chi connectivity index (χ2n) is 8.63. The molecule has 2 aromatic rings. The predicted octanol–water partition coefficient (Wildman–Crippen LogP) is 7.77. The second-order valence-corrected chi connectivity index (χ2v) is 8.63. The Kier molecular flexibility index (Phi) is 8.84. The minimum Gasteiger partial charge on any atom is -0.488 e. The molecule has 0 aromatic heterocycles. The van der Waals surface area contributed by atoms with Crippen molar-refractivity contribution < 1.29 is 49.4 Å². The molecular weight excluding hydrogens is 500 g/mol. The minimum absolute atomic E-state index is 0.348. The fourth-order valence-corrected chi connectivity index (χ4v) is 4.39. The van der Waals surface area contributed by atoms with Crippen LogP contribution in [0.15, 0.2) is 0 Å². The maximum atomic E-state index is 14.7.